The molecule has 29 heavy (non-hydrogen) atoms. The highest BCUT2D eigenvalue weighted by Crippen LogP contribution is 2.41. The van der Waals surface area contributed by atoms with E-state index in [1.165, 1.54) is 18.6 Å². The van der Waals surface area contributed by atoms with Crippen molar-refractivity contribution in [2.75, 3.05) is 5.32 Å². The van der Waals surface area contributed by atoms with Crippen LogP contribution in [-0.2, 0) is 0 Å². The van der Waals surface area contributed by atoms with Crippen molar-refractivity contribution in [3.05, 3.63) is 65.4 Å². The Bertz CT molecular complexity index is 1060. The Hall–Kier alpha value is -2.82. The fraction of sp³-hybridized carbons (Fsp3) is 0.375. The molecule has 1 unspecified atom stereocenters. The highest BCUT2D eigenvalue weighted by atomic mass is 19.1. The van der Waals surface area contributed by atoms with Crippen molar-refractivity contribution in [1.29, 1.82) is 0 Å². The summed E-state index contributed by atoms with van der Waals surface area (Å²) in [5.41, 5.74) is 3.44. The van der Waals surface area contributed by atoms with Gasteiger partial charge in [-0.25, -0.2) is 4.39 Å². The predicted molar refractivity (Wildman–Crippen MR) is 114 cm³/mol. The molecule has 1 amide bonds. The molecule has 3 aromatic rings. The number of hydrogen-bond donors (Lipinski definition) is 1. The molecule has 1 N–H and O–H groups in total. The first-order valence-electron chi connectivity index (χ1n) is 10.2. The minimum absolute atomic E-state index is 0.294. The fourth-order valence-corrected chi connectivity index (χ4v) is 4.73. The Morgan fingerprint density at radius 1 is 1.10 bits per heavy atom. The van der Waals surface area contributed by atoms with E-state index in [2.05, 4.69) is 29.1 Å². The standard InChI is InChI=1S/C24H26FN3O/c1-14-8-15(2)10-17(9-14)18-6-7-26-13-22(18)28-24(29)19-4-5-21(25)20-11-16(3)12-27-23(19)20/h4-7,11-15,17H,8-10H2,1-3H3,(H,28,29)/t14-,15+,17?. The summed E-state index contributed by atoms with van der Waals surface area (Å²) in [4.78, 5) is 21.6. The molecule has 3 atom stereocenters. The van der Waals surface area contributed by atoms with E-state index in [-0.39, 0.29) is 11.7 Å². The van der Waals surface area contributed by atoms with Crippen LogP contribution in [0.25, 0.3) is 10.9 Å². The molecule has 5 heteroatoms. The molecule has 0 radical (unpaired) electrons. The number of aryl methyl sites for hydroxylation is 1. The second-order valence-corrected chi connectivity index (χ2v) is 8.54. The summed E-state index contributed by atoms with van der Waals surface area (Å²) < 4.78 is 14.2. The summed E-state index contributed by atoms with van der Waals surface area (Å²) in [7, 11) is 0. The average molecular weight is 391 g/mol. The number of rotatable bonds is 3. The molecule has 1 aliphatic rings. The zero-order valence-electron chi connectivity index (χ0n) is 17.1. The monoisotopic (exact) mass is 391 g/mol. The molecule has 2 aromatic heterocycles. The van der Waals surface area contributed by atoms with Gasteiger partial charge in [0, 0.05) is 17.8 Å². The van der Waals surface area contributed by atoms with Gasteiger partial charge < -0.3 is 5.32 Å². The van der Waals surface area contributed by atoms with Crippen LogP contribution in [0.4, 0.5) is 10.1 Å². The first-order chi connectivity index (χ1) is 13.9. The SMILES string of the molecule is Cc1cnc2c(C(=O)Nc3cnccc3C3C[C@@H](C)C[C@@H](C)C3)ccc(F)c2c1. The van der Waals surface area contributed by atoms with Crippen LogP contribution >= 0.6 is 0 Å². The number of pyridine rings is 2. The highest BCUT2D eigenvalue weighted by Gasteiger charge is 2.27. The van der Waals surface area contributed by atoms with E-state index in [1.54, 1.807) is 24.7 Å². The van der Waals surface area contributed by atoms with Crippen LogP contribution in [0, 0.1) is 24.6 Å². The normalized spacial score (nSPS) is 21.9. The number of carbonyl (C=O) groups is 1. The molecule has 1 aliphatic carbocycles. The zero-order chi connectivity index (χ0) is 20.5. The molecule has 0 bridgehead atoms. The maximum atomic E-state index is 14.2. The lowest BCUT2D eigenvalue weighted by Gasteiger charge is -2.32. The van der Waals surface area contributed by atoms with Gasteiger partial charge in [-0.3, -0.25) is 14.8 Å². The Labute approximate surface area is 170 Å². The Morgan fingerprint density at radius 3 is 2.62 bits per heavy atom. The number of benzene rings is 1. The highest BCUT2D eigenvalue weighted by molar-refractivity contribution is 6.12. The van der Waals surface area contributed by atoms with Gasteiger partial charge >= 0.3 is 0 Å². The van der Waals surface area contributed by atoms with Gasteiger partial charge in [0.25, 0.3) is 5.91 Å². The average Bonchev–Trinajstić information content (AvgIpc) is 2.68. The van der Waals surface area contributed by atoms with E-state index in [1.807, 2.05) is 13.0 Å². The van der Waals surface area contributed by atoms with Crippen LogP contribution in [0.5, 0.6) is 0 Å². The molecule has 0 saturated heterocycles. The number of halogens is 1. The molecule has 2 heterocycles. The molecule has 0 aliphatic heterocycles. The van der Waals surface area contributed by atoms with Crippen LogP contribution in [0.15, 0.2) is 42.9 Å². The second kappa shape index (κ2) is 7.90. The van der Waals surface area contributed by atoms with E-state index >= 15 is 0 Å². The van der Waals surface area contributed by atoms with Crippen molar-refractivity contribution in [3.8, 4) is 0 Å². The third-order valence-corrected chi connectivity index (χ3v) is 5.90. The van der Waals surface area contributed by atoms with Crippen LogP contribution in [0.2, 0.25) is 0 Å². The van der Waals surface area contributed by atoms with Gasteiger partial charge in [0.2, 0.25) is 0 Å². The molecule has 1 fully saturated rings. The lowest BCUT2D eigenvalue weighted by atomic mass is 9.74. The van der Waals surface area contributed by atoms with E-state index in [9.17, 15) is 9.18 Å². The maximum Gasteiger partial charge on any atom is 0.257 e. The largest absolute Gasteiger partial charge is 0.320 e. The summed E-state index contributed by atoms with van der Waals surface area (Å²) >= 11 is 0. The summed E-state index contributed by atoms with van der Waals surface area (Å²) in [6.07, 6.45) is 8.61. The quantitative estimate of drug-likeness (QED) is 0.607. The predicted octanol–water partition coefficient (Wildman–Crippen LogP) is 5.87. The molecule has 0 spiro atoms. The first-order valence-corrected chi connectivity index (χ1v) is 10.2. The third-order valence-electron chi connectivity index (χ3n) is 5.90. The zero-order valence-corrected chi connectivity index (χ0v) is 17.1. The smallest absolute Gasteiger partial charge is 0.257 e. The van der Waals surface area contributed by atoms with E-state index in [4.69, 9.17) is 0 Å². The number of nitrogens with one attached hydrogen (secondary N) is 1. The Kier molecular flexibility index (Phi) is 5.31. The van der Waals surface area contributed by atoms with Crippen LogP contribution in [0.1, 0.15) is 60.5 Å². The van der Waals surface area contributed by atoms with Crippen molar-refractivity contribution in [1.82, 2.24) is 9.97 Å². The Morgan fingerprint density at radius 2 is 1.86 bits per heavy atom. The summed E-state index contributed by atoms with van der Waals surface area (Å²) in [6.45, 7) is 6.44. The van der Waals surface area contributed by atoms with Gasteiger partial charge in [-0.1, -0.05) is 13.8 Å². The number of amides is 1. The van der Waals surface area contributed by atoms with Crippen molar-refractivity contribution >= 4 is 22.5 Å². The molecular formula is C24H26FN3O. The van der Waals surface area contributed by atoms with Crippen molar-refractivity contribution in [2.24, 2.45) is 11.8 Å². The minimum Gasteiger partial charge on any atom is -0.320 e. The van der Waals surface area contributed by atoms with Crippen LogP contribution in [0.3, 0.4) is 0 Å². The molecular weight excluding hydrogens is 365 g/mol. The van der Waals surface area contributed by atoms with Gasteiger partial charge in [0.05, 0.1) is 23.0 Å². The lowest BCUT2D eigenvalue weighted by molar-refractivity contribution is 0.102. The molecule has 4 nitrogen and oxygen atoms in total. The lowest BCUT2D eigenvalue weighted by Crippen LogP contribution is -2.21. The Balaban J connectivity index is 1.67. The van der Waals surface area contributed by atoms with Crippen LogP contribution < -0.4 is 5.32 Å². The molecule has 150 valence electrons. The van der Waals surface area contributed by atoms with Gasteiger partial charge in [0.15, 0.2) is 0 Å². The van der Waals surface area contributed by atoms with Gasteiger partial charge in [-0.15, -0.1) is 0 Å². The van der Waals surface area contributed by atoms with E-state index in [0.29, 0.717) is 34.2 Å². The summed E-state index contributed by atoms with van der Waals surface area (Å²) in [5, 5.41) is 3.38. The summed E-state index contributed by atoms with van der Waals surface area (Å²) in [5.74, 6) is 1.05. The maximum absolute atomic E-state index is 14.2. The number of carbonyl (C=O) groups excluding carboxylic acids is 1. The fourth-order valence-electron chi connectivity index (χ4n) is 4.73. The molecule has 1 aromatic carbocycles. The number of nitrogens with zero attached hydrogens (tertiary/aromatic N) is 2. The molecule has 1 saturated carbocycles. The summed E-state index contributed by atoms with van der Waals surface area (Å²) in [6, 6.07) is 6.55. The topological polar surface area (TPSA) is 54.9 Å². The first kappa shape index (κ1) is 19.5. The van der Waals surface area contributed by atoms with E-state index in [0.717, 1.165) is 29.7 Å². The number of anilines is 1. The molecule has 4 rings (SSSR count). The van der Waals surface area contributed by atoms with Gasteiger partial charge in [0.1, 0.15) is 5.82 Å². The minimum atomic E-state index is -0.375. The van der Waals surface area contributed by atoms with Gasteiger partial charge in [-0.2, -0.15) is 0 Å². The van der Waals surface area contributed by atoms with Crippen molar-refractivity contribution < 1.29 is 9.18 Å². The number of hydrogen-bond acceptors (Lipinski definition) is 3. The number of aromatic nitrogens is 2. The van der Waals surface area contributed by atoms with Crippen molar-refractivity contribution in [2.45, 2.75) is 46.0 Å². The van der Waals surface area contributed by atoms with Gasteiger partial charge in [-0.05, 0) is 79.3 Å². The van der Waals surface area contributed by atoms with Crippen molar-refractivity contribution in [3.63, 3.8) is 0 Å². The second-order valence-electron chi connectivity index (χ2n) is 8.54. The van der Waals surface area contributed by atoms with E-state index < -0.39 is 0 Å². The number of fused-ring (bicyclic) bond motifs is 1. The van der Waals surface area contributed by atoms with Crippen LogP contribution in [-0.4, -0.2) is 15.9 Å². The third kappa shape index (κ3) is 4.00.